The van der Waals surface area contributed by atoms with Crippen molar-refractivity contribution in [3.8, 4) is 0 Å². The monoisotopic (exact) mass is 429 g/mol. The van der Waals surface area contributed by atoms with Gasteiger partial charge in [0.15, 0.2) is 0 Å². The number of rotatable bonds is 8. The van der Waals surface area contributed by atoms with Gasteiger partial charge in [0.25, 0.3) is 11.8 Å². The number of benzene rings is 2. The van der Waals surface area contributed by atoms with Crippen molar-refractivity contribution in [2.75, 3.05) is 18.0 Å². The molecule has 4 rings (SSSR count). The SMILES string of the molecule is C[C@@H]1Cc2ccccc2N1CCCNC(=O)/C(=C/c1ccco1)NC(=O)c1ccccc1. The topological polar surface area (TPSA) is 74.6 Å². The Morgan fingerprint density at radius 2 is 1.84 bits per heavy atom. The van der Waals surface area contributed by atoms with Gasteiger partial charge in [0.1, 0.15) is 11.5 Å². The van der Waals surface area contributed by atoms with E-state index < -0.39 is 0 Å². The maximum Gasteiger partial charge on any atom is 0.267 e. The summed E-state index contributed by atoms with van der Waals surface area (Å²) in [4.78, 5) is 27.8. The van der Waals surface area contributed by atoms with Gasteiger partial charge in [0, 0.05) is 36.5 Å². The van der Waals surface area contributed by atoms with E-state index in [1.807, 2.05) is 6.07 Å². The molecule has 1 aliphatic heterocycles. The van der Waals surface area contributed by atoms with E-state index in [2.05, 4.69) is 46.7 Å². The second-order valence-electron chi connectivity index (χ2n) is 7.88. The molecule has 1 aromatic heterocycles. The molecule has 0 spiro atoms. The minimum Gasteiger partial charge on any atom is -0.465 e. The van der Waals surface area contributed by atoms with Crippen molar-refractivity contribution >= 4 is 23.6 Å². The maximum atomic E-state index is 12.8. The summed E-state index contributed by atoms with van der Waals surface area (Å²) in [6.45, 7) is 3.58. The maximum absolute atomic E-state index is 12.8. The van der Waals surface area contributed by atoms with Crippen LogP contribution in [0, 0.1) is 0 Å². The number of fused-ring (bicyclic) bond motifs is 1. The molecular weight excluding hydrogens is 402 g/mol. The number of carbonyl (C=O) groups is 2. The number of nitrogens with one attached hydrogen (secondary N) is 2. The number of hydrogen-bond donors (Lipinski definition) is 2. The third-order valence-electron chi connectivity index (χ3n) is 5.57. The molecule has 32 heavy (non-hydrogen) atoms. The van der Waals surface area contributed by atoms with E-state index in [1.54, 1.807) is 36.4 Å². The molecule has 2 aromatic carbocycles. The molecule has 0 bridgehead atoms. The lowest BCUT2D eigenvalue weighted by Gasteiger charge is -2.25. The van der Waals surface area contributed by atoms with E-state index in [4.69, 9.17) is 4.42 Å². The van der Waals surface area contributed by atoms with Gasteiger partial charge >= 0.3 is 0 Å². The summed E-state index contributed by atoms with van der Waals surface area (Å²) in [5, 5.41) is 5.64. The predicted octanol–water partition coefficient (Wildman–Crippen LogP) is 4.01. The van der Waals surface area contributed by atoms with Crippen LogP contribution in [0.3, 0.4) is 0 Å². The molecule has 0 fully saturated rings. The van der Waals surface area contributed by atoms with Crippen LogP contribution in [-0.2, 0) is 11.2 Å². The standard InChI is InChI=1S/C26H27N3O3/c1-19-17-21-11-5-6-13-24(21)29(19)15-8-14-27-26(31)23(18-22-12-7-16-32-22)28-25(30)20-9-3-2-4-10-20/h2-7,9-13,16,18-19H,8,14-15,17H2,1H3,(H,27,31)(H,28,30)/b23-18-/t19-/m1/s1. The number of para-hydroxylation sites is 1. The summed E-state index contributed by atoms with van der Waals surface area (Å²) in [6.07, 6.45) is 4.90. The molecule has 0 aliphatic carbocycles. The van der Waals surface area contributed by atoms with Gasteiger partial charge in [0.05, 0.1) is 6.26 Å². The Labute approximate surface area is 187 Å². The van der Waals surface area contributed by atoms with E-state index in [-0.39, 0.29) is 17.5 Å². The lowest BCUT2D eigenvalue weighted by Crippen LogP contribution is -2.37. The van der Waals surface area contributed by atoms with Crippen LogP contribution in [0.4, 0.5) is 5.69 Å². The zero-order chi connectivity index (χ0) is 22.3. The third kappa shape index (κ3) is 5.09. The predicted molar refractivity (Wildman–Crippen MR) is 125 cm³/mol. The smallest absolute Gasteiger partial charge is 0.267 e. The van der Waals surface area contributed by atoms with Gasteiger partial charge in [-0.25, -0.2) is 0 Å². The van der Waals surface area contributed by atoms with Crippen molar-refractivity contribution in [2.45, 2.75) is 25.8 Å². The van der Waals surface area contributed by atoms with Crippen LogP contribution in [-0.4, -0.2) is 30.9 Å². The number of hydrogen-bond acceptors (Lipinski definition) is 4. The average molecular weight is 430 g/mol. The largest absolute Gasteiger partial charge is 0.465 e. The highest BCUT2D eigenvalue weighted by Gasteiger charge is 2.24. The highest BCUT2D eigenvalue weighted by Crippen LogP contribution is 2.31. The Morgan fingerprint density at radius 3 is 2.62 bits per heavy atom. The molecule has 2 N–H and O–H groups in total. The van der Waals surface area contributed by atoms with Gasteiger partial charge in [-0.2, -0.15) is 0 Å². The van der Waals surface area contributed by atoms with E-state index >= 15 is 0 Å². The number of furan rings is 1. The second kappa shape index (κ2) is 10.0. The minimum absolute atomic E-state index is 0.147. The van der Waals surface area contributed by atoms with Gasteiger partial charge < -0.3 is 20.0 Å². The quantitative estimate of drug-likeness (QED) is 0.419. The van der Waals surface area contributed by atoms with E-state index in [0.29, 0.717) is 23.9 Å². The summed E-state index contributed by atoms with van der Waals surface area (Å²) in [7, 11) is 0. The number of amides is 2. The van der Waals surface area contributed by atoms with Crippen LogP contribution < -0.4 is 15.5 Å². The van der Waals surface area contributed by atoms with Crippen LogP contribution >= 0.6 is 0 Å². The van der Waals surface area contributed by atoms with Crippen LogP contribution in [0.5, 0.6) is 0 Å². The average Bonchev–Trinajstić information content (AvgIpc) is 3.43. The molecule has 1 atom stereocenters. The molecule has 0 saturated carbocycles. The first-order valence-electron chi connectivity index (χ1n) is 10.9. The molecule has 164 valence electrons. The molecule has 2 amide bonds. The molecule has 6 heteroatoms. The van der Waals surface area contributed by atoms with Gasteiger partial charge in [0.2, 0.25) is 0 Å². The third-order valence-corrected chi connectivity index (χ3v) is 5.57. The first-order valence-corrected chi connectivity index (χ1v) is 10.9. The van der Waals surface area contributed by atoms with Gasteiger partial charge in [-0.15, -0.1) is 0 Å². The molecule has 3 aromatic rings. The molecule has 0 saturated heterocycles. The summed E-state index contributed by atoms with van der Waals surface area (Å²) in [5.74, 6) is -0.201. The number of nitrogens with zero attached hydrogens (tertiary/aromatic N) is 1. The molecule has 2 heterocycles. The van der Waals surface area contributed by atoms with Crippen molar-refractivity contribution < 1.29 is 14.0 Å². The Hall–Kier alpha value is -3.80. The second-order valence-corrected chi connectivity index (χ2v) is 7.88. The Balaban J connectivity index is 1.36. The number of anilines is 1. The van der Waals surface area contributed by atoms with Crippen molar-refractivity contribution in [3.63, 3.8) is 0 Å². The van der Waals surface area contributed by atoms with Crippen molar-refractivity contribution in [1.82, 2.24) is 10.6 Å². The molecule has 0 unspecified atom stereocenters. The summed E-state index contributed by atoms with van der Waals surface area (Å²) >= 11 is 0. The zero-order valence-corrected chi connectivity index (χ0v) is 18.1. The van der Waals surface area contributed by atoms with Crippen molar-refractivity contribution in [3.05, 3.63) is 95.6 Å². The van der Waals surface area contributed by atoms with Crippen LogP contribution in [0.1, 0.15) is 35.0 Å². The first-order chi connectivity index (χ1) is 15.6. The zero-order valence-electron chi connectivity index (χ0n) is 18.1. The lowest BCUT2D eigenvalue weighted by molar-refractivity contribution is -0.117. The molecule has 1 aliphatic rings. The van der Waals surface area contributed by atoms with Crippen LogP contribution in [0.25, 0.3) is 6.08 Å². The van der Waals surface area contributed by atoms with Gasteiger partial charge in [-0.3, -0.25) is 9.59 Å². The fourth-order valence-corrected chi connectivity index (χ4v) is 3.97. The summed E-state index contributed by atoms with van der Waals surface area (Å²) in [5.41, 5.74) is 3.28. The Kier molecular flexibility index (Phi) is 6.70. The minimum atomic E-state index is -0.347. The highest BCUT2D eigenvalue weighted by atomic mass is 16.3. The fourth-order valence-electron chi connectivity index (χ4n) is 3.97. The van der Waals surface area contributed by atoms with E-state index in [9.17, 15) is 9.59 Å². The van der Waals surface area contributed by atoms with Crippen LogP contribution in [0.15, 0.2) is 83.1 Å². The van der Waals surface area contributed by atoms with E-state index in [0.717, 1.165) is 19.4 Å². The van der Waals surface area contributed by atoms with Gasteiger partial charge in [-0.1, -0.05) is 36.4 Å². The Bertz CT molecular complexity index is 1090. The Morgan fingerprint density at radius 1 is 1.06 bits per heavy atom. The van der Waals surface area contributed by atoms with Gasteiger partial charge in [-0.05, 0) is 55.7 Å². The highest BCUT2D eigenvalue weighted by molar-refractivity contribution is 6.05. The molecule has 0 radical (unpaired) electrons. The van der Waals surface area contributed by atoms with E-state index in [1.165, 1.54) is 23.6 Å². The van der Waals surface area contributed by atoms with Crippen LogP contribution in [0.2, 0.25) is 0 Å². The summed E-state index contributed by atoms with van der Waals surface area (Å²) in [6, 6.07) is 21.2. The fraction of sp³-hybridized carbons (Fsp3) is 0.231. The summed E-state index contributed by atoms with van der Waals surface area (Å²) < 4.78 is 5.33. The molecular formula is C26H27N3O3. The normalized spacial score (nSPS) is 15.3. The van der Waals surface area contributed by atoms with Crippen molar-refractivity contribution in [2.24, 2.45) is 0 Å². The first kappa shape index (κ1) is 21.4. The lowest BCUT2D eigenvalue weighted by atomic mass is 10.1. The van der Waals surface area contributed by atoms with Crippen molar-refractivity contribution in [1.29, 1.82) is 0 Å². The number of carbonyl (C=O) groups excluding carboxylic acids is 2. The molecule has 6 nitrogen and oxygen atoms in total.